The molecule has 1 heterocycles. The fraction of sp³-hybridized carbons (Fsp3) is 0.389. The molecule has 2 atom stereocenters. The Balaban J connectivity index is 1.81. The summed E-state index contributed by atoms with van der Waals surface area (Å²) in [6, 6.07) is 12.6. The van der Waals surface area contributed by atoms with E-state index < -0.39 is 0 Å². The number of likely N-dealkylation sites (N-methyl/N-ethyl adjacent to an activating group) is 1. The number of thioether (sulfide) groups is 1. The number of rotatable bonds is 8. The van der Waals surface area contributed by atoms with Crippen LogP contribution in [0.5, 0.6) is 0 Å². The second kappa shape index (κ2) is 9.11. The van der Waals surface area contributed by atoms with Crippen LogP contribution >= 0.6 is 23.1 Å². The molecule has 0 aliphatic heterocycles. The number of hydrogen-bond donors (Lipinski definition) is 1. The van der Waals surface area contributed by atoms with Crippen molar-refractivity contribution in [1.29, 1.82) is 0 Å². The fourth-order valence-corrected chi connectivity index (χ4v) is 3.85. The Bertz CT molecular complexity index is 584. The summed E-state index contributed by atoms with van der Waals surface area (Å²) in [7, 11) is 4.09. The SMILES string of the molecule is C[C@@H](SCc1ccccc1)C(=O)NC[C@@H](c1ccsc1)N(C)C. The van der Waals surface area contributed by atoms with E-state index in [1.165, 1.54) is 11.1 Å². The lowest BCUT2D eigenvalue weighted by molar-refractivity contribution is -0.120. The van der Waals surface area contributed by atoms with Crippen molar-refractivity contribution in [1.82, 2.24) is 10.2 Å². The Labute approximate surface area is 147 Å². The number of hydrogen-bond acceptors (Lipinski definition) is 4. The van der Waals surface area contributed by atoms with Gasteiger partial charge in [-0.2, -0.15) is 11.3 Å². The van der Waals surface area contributed by atoms with Gasteiger partial charge in [-0.05, 0) is 49.0 Å². The molecule has 23 heavy (non-hydrogen) atoms. The van der Waals surface area contributed by atoms with E-state index in [9.17, 15) is 4.79 Å². The minimum absolute atomic E-state index is 0.0551. The largest absolute Gasteiger partial charge is 0.353 e. The van der Waals surface area contributed by atoms with E-state index in [1.807, 2.05) is 39.2 Å². The first-order chi connectivity index (χ1) is 11.1. The molecule has 1 amide bonds. The maximum absolute atomic E-state index is 12.3. The van der Waals surface area contributed by atoms with E-state index in [2.05, 4.69) is 39.2 Å². The molecule has 0 saturated carbocycles. The summed E-state index contributed by atoms with van der Waals surface area (Å²) in [6.45, 7) is 2.61. The molecule has 0 radical (unpaired) electrons. The molecule has 0 bridgehead atoms. The van der Waals surface area contributed by atoms with Crippen LogP contribution in [0.25, 0.3) is 0 Å². The number of nitrogens with zero attached hydrogens (tertiary/aromatic N) is 1. The van der Waals surface area contributed by atoms with Crippen molar-refractivity contribution in [3.05, 3.63) is 58.3 Å². The minimum atomic E-state index is -0.0551. The van der Waals surface area contributed by atoms with Crippen LogP contribution in [0.3, 0.4) is 0 Å². The maximum Gasteiger partial charge on any atom is 0.232 e. The normalized spacial score (nSPS) is 13.7. The first-order valence-corrected chi connectivity index (χ1v) is 9.69. The molecule has 5 heteroatoms. The second-order valence-corrected chi connectivity index (χ2v) is 7.83. The fourth-order valence-electron chi connectivity index (χ4n) is 2.28. The van der Waals surface area contributed by atoms with Crippen LogP contribution in [0.1, 0.15) is 24.1 Å². The number of benzene rings is 1. The smallest absolute Gasteiger partial charge is 0.232 e. The van der Waals surface area contributed by atoms with Gasteiger partial charge in [0.05, 0.1) is 11.3 Å². The van der Waals surface area contributed by atoms with Gasteiger partial charge in [0, 0.05) is 12.3 Å². The topological polar surface area (TPSA) is 32.3 Å². The van der Waals surface area contributed by atoms with Crippen LogP contribution in [-0.2, 0) is 10.5 Å². The molecule has 0 aliphatic rings. The zero-order chi connectivity index (χ0) is 16.7. The average molecular weight is 349 g/mol. The van der Waals surface area contributed by atoms with Crippen LogP contribution < -0.4 is 5.32 Å². The van der Waals surface area contributed by atoms with Crippen molar-refractivity contribution in [3.63, 3.8) is 0 Å². The predicted octanol–water partition coefficient (Wildman–Crippen LogP) is 3.79. The number of amides is 1. The molecule has 3 nitrogen and oxygen atoms in total. The standard InChI is InChI=1S/C18H24N2OS2/c1-14(23-12-15-7-5-4-6-8-15)18(21)19-11-17(20(2)3)16-9-10-22-13-16/h4-10,13-14,17H,11-12H2,1-3H3,(H,19,21)/t14-,17+/m1/s1. The molecule has 1 aromatic heterocycles. The third-order valence-corrected chi connectivity index (χ3v) is 5.65. The van der Waals surface area contributed by atoms with Crippen LogP contribution in [0, 0.1) is 0 Å². The monoisotopic (exact) mass is 348 g/mol. The molecule has 0 fully saturated rings. The van der Waals surface area contributed by atoms with Gasteiger partial charge < -0.3 is 10.2 Å². The molecule has 2 rings (SSSR count). The summed E-state index contributed by atoms with van der Waals surface area (Å²) < 4.78 is 0. The third kappa shape index (κ3) is 5.68. The molecule has 0 unspecified atom stereocenters. The van der Waals surface area contributed by atoms with Crippen molar-refractivity contribution in [3.8, 4) is 0 Å². The Morgan fingerprint density at radius 3 is 2.61 bits per heavy atom. The highest BCUT2D eigenvalue weighted by Crippen LogP contribution is 2.21. The molecule has 1 N–H and O–H groups in total. The van der Waals surface area contributed by atoms with E-state index in [4.69, 9.17) is 0 Å². The molecule has 0 saturated heterocycles. The zero-order valence-electron chi connectivity index (χ0n) is 13.9. The van der Waals surface area contributed by atoms with Gasteiger partial charge in [0.1, 0.15) is 0 Å². The summed E-state index contributed by atoms with van der Waals surface area (Å²) in [5, 5.41) is 7.26. The Morgan fingerprint density at radius 1 is 1.26 bits per heavy atom. The Hall–Kier alpha value is -1.30. The van der Waals surface area contributed by atoms with E-state index in [0.717, 1.165) is 5.75 Å². The van der Waals surface area contributed by atoms with Crippen LogP contribution in [0.2, 0.25) is 0 Å². The van der Waals surface area contributed by atoms with Gasteiger partial charge in [-0.3, -0.25) is 4.79 Å². The molecular weight excluding hydrogens is 324 g/mol. The van der Waals surface area contributed by atoms with Gasteiger partial charge in [-0.15, -0.1) is 11.8 Å². The van der Waals surface area contributed by atoms with E-state index in [1.54, 1.807) is 23.1 Å². The number of nitrogens with one attached hydrogen (secondary N) is 1. The molecule has 0 aliphatic carbocycles. The molecule has 1 aromatic carbocycles. The third-order valence-electron chi connectivity index (χ3n) is 3.73. The van der Waals surface area contributed by atoms with Gasteiger partial charge in [-0.1, -0.05) is 30.3 Å². The van der Waals surface area contributed by atoms with E-state index in [-0.39, 0.29) is 17.2 Å². The summed E-state index contributed by atoms with van der Waals surface area (Å²) in [5.74, 6) is 0.963. The summed E-state index contributed by atoms with van der Waals surface area (Å²) in [6.07, 6.45) is 0. The first kappa shape index (κ1) is 18.0. The summed E-state index contributed by atoms with van der Waals surface area (Å²) in [4.78, 5) is 14.5. The van der Waals surface area contributed by atoms with Crippen molar-refractivity contribution >= 4 is 29.0 Å². The second-order valence-electron chi connectivity index (χ2n) is 5.72. The van der Waals surface area contributed by atoms with Gasteiger partial charge in [0.25, 0.3) is 0 Å². The lowest BCUT2D eigenvalue weighted by atomic mass is 10.1. The highest BCUT2D eigenvalue weighted by molar-refractivity contribution is 7.99. The predicted molar refractivity (Wildman–Crippen MR) is 101 cm³/mol. The quantitative estimate of drug-likeness (QED) is 0.788. The first-order valence-electron chi connectivity index (χ1n) is 7.69. The van der Waals surface area contributed by atoms with E-state index in [0.29, 0.717) is 6.54 Å². The van der Waals surface area contributed by atoms with Gasteiger partial charge in [-0.25, -0.2) is 0 Å². The number of carbonyl (C=O) groups excluding carboxylic acids is 1. The molecule has 2 aromatic rings. The van der Waals surface area contributed by atoms with Gasteiger partial charge >= 0.3 is 0 Å². The highest BCUT2D eigenvalue weighted by atomic mass is 32.2. The lowest BCUT2D eigenvalue weighted by Crippen LogP contribution is -2.37. The molecule has 124 valence electrons. The van der Waals surface area contributed by atoms with Crippen molar-refractivity contribution < 1.29 is 4.79 Å². The van der Waals surface area contributed by atoms with Gasteiger partial charge in [0.2, 0.25) is 5.91 Å². The van der Waals surface area contributed by atoms with Crippen molar-refractivity contribution in [2.75, 3.05) is 20.6 Å². The molecule has 0 spiro atoms. The van der Waals surface area contributed by atoms with Crippen LogP contribution in [0.15, 0.2) is 47.2 Å². The van der Waals surface area contributed by atoms with Crippen molar-refractivity contribution in [2.45, 2.75) is 24.0 Å². The number of carbonyl (C=O) groups is 1. The van der Waals surface area contributed by atoms with E-state index >= 15 is 0 Å². The van der Waals surface area contributed by atoms with Crippen LogP contribution in [-0.4, -0.2) is 36.7 Å². The highest BCUT2D eigenvalue weighted by Gasteiger charge is 2.18. The number of thiophene rings is 1. The zero-order valence-corrected chi connectivity index (χ0v) is 15.5. The van der Waals surface area contributed by atoms with Crippen molar-refractivity contribution in [2.24, 2.45) is 0 Å². The lowest BCUT2D eigenvalue weighted by Gasteiger charge is -2.24. The van der Waals surface area contributed by atoms with Crippen LogP contribution in [0.4, 0.5) is 0 Å². The molecular formula is C18H24N2OS2. The maximum atomic E-state index is 12.3. The Kier molecular flexibility index (Phi) is 7.15. The summed E-state index contributed by atoms with van der Waals surface area (Å²) in [5.41, 5.74) is 2.51. The minimum Gasteiger partial charge on any atom is -0.353 e. The van der Waals surface area contributed by atoms with Gasteiger partial charge in [0.15, 0.2) is 0 Å². The Morgan fingerprint density at radius 2 is 2.00 bits per heavy atom. The average Bonchev–Trinajstić information content (AvgIpc) is 3.07. The summed E-state index contributed by atoms with van der Waals surface area (Å²) >= 11 is 3.36.